The molecule has 1 aromatic carbocycles. The highest BCUT2D eigenvalue weighted by atomic mass is 19.4. The molecule has 0 atom stereocenters. The van der Waals surface area contributed by atoms with Crippen molar-refractivity contribution in [3.05, 3.63) is 48.4 Å². The maximum atomic E-state index is 12.6. The van der Waals surface area contributed by atoms with E-state index in [1.807, 2.05) is 0 Å². The van der Waals surface area contributed by atoms with Crippen molar-refractivity contribution in [1.82, 2.24) is 15.0 Å². The number of nitrogens with zero attached hydrogens (tertiary/aromatic N) is 4. The van der Waals surface area contributed by atoms with Gasteiger partial charge < -0.3 is 10.6 Å². The summed E-state index contributed by atoms with van der Waals surface area (Å²) in [5, 5.41) is 0.657. The van der Waals surface area contributed by atoms with Crippen LogP contribution in [0.2, 0.25) is 0 Å². The van der Waals surface area contributed by atoms with Gasteiger partial charge in [-0.25, -0.2) is 15.0 Å². The molecular formula is C15H12F3N5. The first kappa shape index (κ1) is 15.0. The highest BCUT2D eigenvalue weighted by molar-refractivity contribution is 5.91. The molecule has 0 spiro atoms. The summed E-state index contributed by atoms with van der Waals surface area (Å²) < 4.78 is 37.9. The standard InChI is InChI=1S/C15H12F3N5/c1-23(10-4-2-9(3-5-10)15(16,17)18)14-11-7-20-13(19)6-12(11)21-8-22-14/h2-8H,1H3,(H2,19,20). The van der Waals surface area contributed by atoms with Gasteiger partial charge in [-0.1, -0.05) is 0 Å². The lowest BCUT2D eigenvalue weighted by atomic mass is 10.2. The van der Waals surface area contributed by atoms with Gasteiger partial charge in [-0.15, -0.1) is 0 Å². The molecule has 0 aliphatic heterocycles. The molecule has 0 radical (unpaired) electrons. The summed E-state index contributed by atoms with van der Waals surface area (Å²) >= 11 is 0. The summed E-state index contributed by atoms with van der Waals surface area (Å²) in [5.41, 5.74) is 6.11. The van der Waals surface area contributed by atoms with Crippen LogP contribution < -0.4 is 10.6 Å². The molecule has 0 amide bonds. The molecule has 0 aliphatic rings. The third kappa shape index (κ3) is 2.87. The number of nitrogen functional groups attached to an aromatic ring is 1. The van der Waals surface area contributed by atoms with Gasteiger partial charge in [0.15, 0.2) is 0 Å². The van der Waals surface area contributed by atoms with E-state index in [0.29, 0.717) is 28.2 Å². The Morgan fingerprint density at radius 2 is 1.74 bits per heavy atom. The Bertz CT molecular complexity index is 846. The lowest BCUT2D eigenvalue weighted by Crippen LogP contribution is -2.13. The van der Waals surface area contributed by atoms with E-state index >= 15 is 0 Å². The third-order valence-corrected chi connectivity index (χ3v) is 3.42. The Morgan fingerprint density at radius 1 is 1.04 bits per heavy atom. The van der Waals surface area contributed by atoms with Crippen LogP contribution in [0.15, 0.2) is 42.9 Å². The first-order valence-corrected chi connectivity index (χ1v) is 6.63. The van der Waals surface area contributed by atoms with Crippen molar-refractivity contribution in [2.75, 3.05) is 17.7 Å². The van der Waals surface area contributed by atoms with Gasteiger partial charge in [0.25, 0.3) is 0 Å². The normalized spacial score (nSPS) is 11.7. The van der Waals surface area contributed by atoms with E-state index < -0.39 is 11.7 Å². The molecule has 8 heteroatoms. The number of alkyl halides is 3. The monoisotopic (exact) mass is 319 g/mol. The smallest absolute Gasteiger partial charge is 0.384 e. The number of hydrogen-bond donors (Lipinski definition) is 1. The molecule has 0 fully saturated rings. The Morgan fingerprint density at radius 3 is 2.39 bits per heavy atom. The van der Waals surface area contributed by atoms with Crippen molar-refractivity contribution in [3.63, 3.8) is 0 Å². The van der Waals surface area contributed by atoms with Crippen LogP contribution in [0, 0.1) is 0 Å². The minimum Gasteiger partial charge on any atom is -0.384 e. The van der Waals surface area contributed by atoms with Crippen LogP contribution in [0.25, 0.3) is 10.9 Å². The van der Waals surface area contributed by atoms with Crippen molar-refractivity contribution in [3.8, 4) is 0 Å². The van der Waals surface area contributed by atoms with Crippen molar-refractivity contribution in [1.29, 1.82) is 0 Å². The summed E-state index contributed by atoms with van der Waals surface area (Å²) in [6.45, 7) is 0. The number of benzene rings is 1. The molecule has 0 aliphatic carbocycles. The van der Waals surface area contributed by atoms with Gasteiger partial charge in [0, 0.05) is 25.0 Å². The van der Waals surface area contributed by atoms with E-state index in [-0.39, 0.29) is 0 Å². The van der Waals surface area contributed by atoms with E-state index in [2.05, 4.69) is 15.0 Å². The number of rotatable bonds is 2. The Kier molecular flexibility index (Phi) is 3.51. The van der Waals surface area contributed by atoms with Crippen LogP contribution in [0.5, 0.6) is 0 Å². The second-order valence-electron chi connectivity index (χ2n) is 4.93. The van der Waals surface area contributed by atoms with Crippen LogP contribution in [0.1, 0.15) is 5.56 Å². The number of aromatic nitrogens is 3. The molecule has 0 bridgehead atoms. The highest BCUT2D eigenvalue weighted by Gasteiger charge is 2.30. The minimum atomic E-state index is -4.36. The molecular weight excluding hydrogens is 307 g/mol. The van der Waals surface area contributed by atoms with Crippen LogP contribution in [0.3, 0.4) is 0 Å². The van der Waals surface area contributed by atoms with E-state index in [1.165, 1.54) is 18.5 Å². The number of fused-ring (bicyclic) bond motifs is 1. The largest absolute Gasteiger partial charge is 0.416 e. The molecule has 0 unspecified atom stereocenters. The van der Waals surface area contributed by atoms with E-state index in [1.54, 1.807) is 24.2 Å². The number of pyridine rings is 1. The number of anilines is 3. The second kappa shape index (κ2) is 5.38. The second-order valence-corrected chi connectivity index (χ2v) is 4.93. The van der Waals surface area contributed by atoms with Crippen LogP contribution >= 0.6 is 0 Å². The first-order chi connectivity index (χ1) is 10.9. The van der Waals surface area contributed by atoms with Crippen LogP contribution in [-0.2, 0) is 6.18 Å². The molecule has 3 aromatic rings. The summed E-state index contributed by atoms with van der Waals surface area (Å²) in [5.74, 6) is 0.863. The minimum absolute atomic E-state index is 0.333. The summed E-state index contributed by atoms with van der Waals surface area (Å²) in [6.07, 6.45) is -1.45. The van der Waals surface area contributed by atoms with Gasteiger partial charge >= 0.3 is 6.18 Å². The topological polar surface area (TPSA) is 67.9 Å². The molecule has 0 saturated carbocycles. The number of nitrogens with two attached hydrogens (primary N) is 1. The average molecular weight is 319 g/mol. The fourth-order valence-corrected chi connectivity index (χ4v) is 2.22. The predicted octanol–water partition coefficient (Wildman–Crippen LogP) is 3.39. The molecule has 2 N–H and O–H groups in total. The quantitative estimate of drug-likeness (QED) is 0.784. The highest BCUT2D eigenvalue weighted by Crippen LogP contribution is 2.32. The van der Waals surface area contributed by atoms with Crippen molar-refractivity contribution in [2.45, 2.75) is 6.18 Å². The van der Waals surface area contributed by atoms with E-state index in [0.717, 1.165) is 12.1 Å². The molecule has 5 nitrogen and oxygen atoms in total. The van der Waals surface area contributed by atoms with Gasteiger partial charge in [-0.05, 0) is 24.3 Å². The molecule has 2 aromatic heterocycles. The SMILES string of the molecule is CN(c1ccc(C(F)(F)F)cc1)c1ncnc2cc(N)ncc12. The van der Waals surface area contributed by atoms with Gasteiger partial charge in [-0.3, -0.25) is 0 Å². The molecule has 23 heavy (non-hydrogen) atoms. The van der Waals surface area contributed by atoms with Gasteiger partial charge in [0.05, 0.1) is 16.5 Å². The van der Waals surface area contributed by atoms with Crippen LogP contribution in [0.4, 0.5) is 30.5 Å². The fourth-order valence-electron chi connectivity index (χ4n) is 2.22. The Hall–Kier alpha value is -2.90. The maximum Gasteiger partial charge on any atom is 0.416 e. The summed E-state index contributed by atoms with van der Waals surface area (Å²) in [7, 11) is 1.71. The fraction of sp³-hybridized carbons (Fsp3) is 0.133. The Balaban J connectivity index is 2.02. The summed E-state index contributed by atoms with van der Waals surface area (Å²) in [6, 6.07) is 6.46. The number of hydrogen-bond acceptors (Lipinski definition) is 5. The lowest BCUT2D eigenvalue weighted by molar-refractivity contribution is -0.137. The van der Waals surface area contributed by atoms with Gasteiger partial charge in [0.2, 0.25) is 0 Å². The van der Waals surface area contributed by atoms with Gasteiger partial charge in [-0.2, -0.15) is 13.2 Å². The lowest BCUT2D eigenvalue weighted by Gasteiger charge is -2.20. The molecule has 2 heterocycles. The summed E-state index contributed by atoms with van der Waals surface area (Å²) in [4.78, 5) is 14.0. The average Bonchev–Trinajstić information content (AvgIpc) is 2.52. The third-order valence-electron chi connectivity index (χ3n) is 3.42. The zero-order valence-electron chi connectivity index (χ0n) is 12.0. The van der Waals surface area contributed by atoms with Crippen molar-refractivity contribution >= 4 is 28.2 Å². The number of halogens is 3. The zero-order valence-corrected chi connectivity index (χ0v) is 12.0. The zero-order chi connectivity index (χ0) is 16.6. The van der Waals surface area contributed by atoms with Crippen molar-refractivity contribution < 1.29 is 13.2 Å². The van der Waals surface area contributed by atoms with E-state index in [9.17, 15) is 13.2 Å². The Labute approximate surface area is 129 Å². The molecule has 118 valence electrons. The van der Waals surface area contributed by atoms with Gasteiger partial charge in [0.1, 0.15) is 18.0 Å². The first-order valence-electron chi connectivity index (χ1n) is 6.63. The van der Waals surface area contributed by atoms with Crippen LogP contribution in [-0.4, -0.2) is 22.0 Å². The molecule has 0 saturated heterocycles. The van der Waals surface area contributed by atoms with Crippen molar-refractivity contribution in [2.24, 2.45) is 0 Å². The maximum absolute atomic E-state index is 12.6. The van der Waals surface area contributed by atoms with E-state index in [4.69, 9.17) is 5.73 Å². The molecule has 3 rings (SSSR count). The predicted molar refractivity (Wildman–Crippen MR) is 81.3 cm³/mol.